The summed E-state index contributed by atoms with van der Waals surface area (Å²) < 4.78 is 0. The lowest BCUT2D eigenvalue weighted by atomic mass is 10.2. The third-order valence-corrected chi connectivity index (χ3v) is 7.49. The van der Waals surface area contributed by atoms with Gasteiger partial charge < -0.3 is 20.4 Å². The minimum absolute atomic E-state index is 0.0957. The van der Waals surface area contributed by atoms with Crippen molar-refractivity contribution in [3.05, 3.63) is 69.3 Å². The molecule has 1 saturated heterocycles. The lowest BCUT2D eigenvalue weighted by Crippen LogP contribution is -2.55. The molecule has 3 aromatic rings. The minimum Gasteiger partial charge on any atom is -0.353 e. The van der Waals surface area contributed by atoms with E-state index in [4.69, 9.17) is 34.8 Å². The van der Waals surface area contributed by atoms with Gasteiger partial charge in [-0.25, -0.2) is 14.8 Å². The van der Waals surface area contributed by atoms with Crippen molar-refractivity contribution in [3.8, 4) is 0 Å². The third-order valence-electron chi connectivity index (χ3n) is 5.71. The number of aromatic nitrogens is 2. The second kappa shape index (κ2) is 12.2. The van der Waals surface area contributed by atoms with Crippen LogP contribution in [0.2, 0.25) is 15.2 Å². The van der Waals surface area contributed by atoms with Crippen LogP contribution < -0.4 is 15.5 Å². The topological polar surface area (TPSA) is 90.5 Å². The Hall–Kier alpha value is -2.72. The number of piperazine rings is 1. The van der Waals surface area contributed by atoms with Gasteiger partial charge in [0.05, 0.1) is 15.8 Å². The van der Waals surface area contributed by atoms with Crippen molar-refractivity contribution in [2.75, 3.05) is 40.9 Å². The molecule has 1 aliphatic heterocycles. The zero-order valence-electron chi connectivity index (χ0n) is 20.2. The molecule has 3 amide bonds. The molecule has 0 aliphatic carbocycles. The quantitative estimate of drug-likeness (QED) is 0.205. The molecule has 4 rings (SSSR count). The summed E-state index contributed by atoms with van der Waals surface area (Å²) in [5.74, 6) is 0.638. The van der Waals surface area contributed by atoms with Crippen LogP contribution >= 0.6 is 46.6 Å². The maximum atomic E-state index is 12.9. The predicted molar refractivity (Wildman–Crippen MR) is 151 cm³/mol. The molecule has 2 N–H and O–H groups in total. The summed E-state index contributed by atoms with van der Waals surface area (Å²) >= 11 is 19.5. The Morgan fingerprint density at radius 3 is 2.41 bits per heavy atom. The third kappa shape index (κ3) is 7.41. The van der Waals surface area contributed by atoms with Crippen molar-refractivity contribution in [2.24, 2.45) is 0 Å². The highest BCUT2D eigenvalue weighted by atomic mass is 35.5. The number of carbonyl (C=O) groups excluding carboxylic acids is 2. The van der Waals surface area contributed by atoms with Gasteiger partial charge >= 0.3 is 6.03 Å². The Morgan fingerprint density at radius 2 is 1.70 bits per heavy atom. The zero-order valence-corrected chi connectivity index (χ0v) is 23.3. The summed E-state index contributed by atoms with van der Waals surface area (Å²) in [6.07, 6.45) is 0. The molecule has 37 heavy (non-hydrogen) atoms. The minimum atomic E-state index is -0.220. The number of halogens is 3. The van der Waals surface area contributed by atoms with Crippen LogP contribution in [0.5, 0.6) is 0 Å². The van der Waals surface area contributed by atoms with Crippen molar-refractivity contribution in [2.45, 2.75) is 25.0 Å². The number of nitrogens with zero attached hydrogens (tertiary/aromatic N) is 4. The molecule has 1 unspecified atom stereocenters. The molecule has 1 aliphatic rings. The summed E-state index contributed by atoms with van der Waals surface area (Å²) in [5, 5.41) is 7.23. The van der Waals surface area contributed by atoms with E-state index < -0.39 is 0 Å². The molecule has 8 nitrogen and oxygen atoms in total. The number of benzene rings is 2. The van der Waals surface area contributed by atoms with Gasteiger partial charge in [-0.2, -0.15) is 0 Å². The summed E-state index contributed by atoms with van der Waals surface area (Å²) in [6.45, 7) is 5.55. The first kappa shape index (κ1) is 27.3. The van der Waals surface area contributed by atoms with E-state index in [2.05, 4.69) is 25.5 Å². The molecule has 0 saturated carbocycles. The monoisotopic (exact) mass is 578 g/mol. The number of nitrogens with one attached hydrogen (secondary N) is 2. The number of hydrogen-bond acceptors (Lipinski definition) is 6. The number of hydrogen-bond donors (Lipinski definition) is 2. The fraction of sp³-hybridized carbons (Fsp3) is 0.280. The first-order valence-corrected chi connectivity index (χ1v) is 13.6. The van der Waals surface area contributed by atoms with Gasteiger partial charge in [0, 0.05) is 43.1 Å². The molecule has 194 valence electrons. The van der Waals surface area contributed by atoms with Crippen LogP contribution in [0.4, 0.5) is 22.0 Å². The molecule has 0 bridgehead atoms. The van der Waals surface area contributed by atoms with Crippen LogP contribution in [-0.4, -0.2) is 58.2 Å². The lowest BCUT2D eigenvalue weighted by Gasteiger charge is -2.40. The maximum absolute atomic E-state index is 12.9. The highest BCUT2D eigenvalue weighted by Crippen LogP contribution is 2.27. The fourth-order valence-corrected chi connectivity index (χ4v) is 4.99. The van der Waals surface area contributed by atoms with Gasteiger partial charge in [0.1, 0.15) is 11.0 Å². The van der Waals surface area contributed by atoms with Crippen LogP contribution in [-0.2, 0) is 4.79 Å². The van der Waals surface area contributed by atoms with Crippen LogP contribution in [0, 0.1) is 6.92 Å². The summed E-state index contributed by atoms with van der Waals surface area (Å²) in [6, 6.07) is 13.9. The van der Waals surface area contributed by atoms with Crippen molar-refractivity contribution in [1.29, 1.82) is 0 Å². The summed E-state index contributed by atoms with van der Waals surface area (Å²) in [4.78, 5) is 37.9. The Balaban J connectivity index is 1.34. The maximum Gasteiger partial charge on any atom is 0.322 e. The van der Waals surface area contributed by atoms with E-state index >= 15 is 0 Å². The van der Waals surface area contributed by atoms with Crippen LogP contribution in [0.15, 0.2) is 53.7 Å². The summed E-state index contributed by atoms with van der Waals surface area (Å²) in [7, 11) is 0. The van der Waals surface area contributed by atoms with E-state index in [1.54, 1.807) is 29.2 Å². The van der Waals surface area contributed by atoms with Gasteiger partial charge in [0.15, 0.2) is 5.16 Å². The molecule has 12 heteroatoms. The van der Waals surface area contributed by atoms with Crippen molar-refractivity contribution in [3.63, 3.8) is 0 Å². The smallest absolute Gasteiger partial charge is 0.322 e. The van der Waals surface area contributed by atoms with Gasteiger partial charge in [-0.15, -0.1) is 0 Å². The van der Waals surface area contributed by atoms with Gasteiger partial charge in [-0.05, 0) is 44.2 Å². The molecule has 1 fully saturated rings. The number of urea groups is 1. The Morgan fingerprint density at radius 1 is 0.973 bits per heavy atom. The van der Waals surface area contributed by atoms with Crippen LogP contribution in [0.1, 0.15) is 12.5 Å². The first-order valence-electron chi connectivity index (χ1n) is 11.5. The molecule has 2 aromatic carbocycles. The largest absolute Gasteiger partial charge is 0.353 e. The zero-order chi connectivity index (χ0) is 26.5. The molecule has 1 aromatic heterocycles. The lowest BCUT2D eigenvalue weighted by molar-refractivity contribution is -0.113. The van der Waals surface area contributed by atoms with Crippen molar-refractivity contribution < 1.29 is 9.59 Å². The van der Waals surface area contributed by atoms with Crippen molar-refractivity contribution >= 4 is 75.7 Å². The van der Waals surface area contributed by atoms with E-state index in [0.29, 0.717) is 51.5 Å². The van der Waals surface area contributed by atoms with E-state index in [-0.39, 0.29) is 23.7 Å². The Bertz CT molecular complexity index is 1290. The molecule has 1 atom stereocenters. The Kier molecular flexibility index (Phi) is 9.02. The van der Waals surface area contributed by atoms with E-state index in [1.165, 1.54) is 11.8 Å². The van der Waals surface area contributed by atoms with Gasteiger partial charge in [-0.1, -0.05) is 64.3 Å². The Labute approximate surface area is 234 Å². The predicted octanol–water partition coefficient (Wildman–Crippen LogP) is 6.22. The molecular weight excluding hydrogens is 555 g/mol. The van der Waals surface area contributed by atoms with Crippen LogP contribution in [0.3, 0.4) is 0 Å². The van der Waals surface area contributed by atoms with Crippen molar-refractivity contribution in [1.82, 2.24) is 14.9 Å². The number of amides is 3. The molecular formula is C25H25Cl3N6O2S. The number of anilines is 3. The molecule has 0 radical (unpaired) electrons. The number of aryl methyl sites for hydroxylation is 1. The summed E-state index contributed by atoms with van der Waals surface area (Å²) in [5.41, 5.74) is 2.43. The van der Waals surface area contributed by atoms with Gasteiger partial charge in [0.25, 0.3) is 0 Å². The average Bonchev–Trinajstić information content (AvgIpc) is 2.86. The fourth-order valence-electron chi connectivity index (χ4n) is 3.81. The molecule has 2 heterocycles. The van der Waals surface area contributed by atoms with Gasteiger partial charge in [0.2, 0.25) is 5.91 Å². The average molecular weight is 580 g/mol. The van der Waals surface area contributed by atoms with Gasteiger partial charge in [-0.3, -0.25) is 4.79 Å². The second-order valence-corrected chi connectivity index (χ2v) is 10.7. The number of thioether (sulfide) groups is 1. The van der Waals surface area contributed by atoms with E-state index in [1.807, 2.05) is 38.1 Å². The molecule has 0 spiro atoms. The van der Waals surface area contributed by atoms with E-state index in [9.17, 15) is 9.59 Å². The van der Waals surface area contributed by atoms with Crippen LogP contribution in [0.25, 0.3) is 0 Å². The number of carbonyl (C=O) groups is 2. The highest BCUT2D eigenvalue weighted by molar-refractivity contribution is 7.99. The first-order chi connectivity index (χ1) is 17.7. The van der Waals surface area contributed by atoms with E-state index in [0.717, 1.165) is 11.3 Å². The normalized spacial score (nSPS) is 15.4. The number of rotatable bonds is 6. The highest BCUT2D eigenvalue weighted by Gasteiger charge is 2.28. The second-order valence-electron chi connectivity index (χ2n) is 8.58. The SMILES string of the molecule is Cc1ccc(NC(=O)CSc2nc(Cl)cc(N3CCN(C(=O)Nc4ccc(Cl)c(Cl)c4)C(C)C3)n2)cc1. The standard InChI is InChI=1S/C25H25Cl3N6O2S/c1-15-3-5-17(6-4-15)29-23(35)14-37-24-31-21(28)12-22(32-24)33-9-10-34(16(2)13-33)25(36)30-18-7-8-19(26)20(27)11-18/h3-8,11-12,16H,9-10,13-14H2,1-2H3,(H,29,35)(H,30,36).